The Labute approximate surface area is 166 Å². The molecule has 1 heterocycles. The highest BCUT2D eigenvalue weighted by atomic mass is 32.2. The van der Waals surface area contributed by atoms with Crippen molar-refractivity contribution >= 4 is 52.5 Å². The molecule has 0 saturated heterocycles. The van der Waals surface area contributed by atoms with E-state index in [-0.39, 0.29) is 27.1 Å². The fraction of sp³-hybridized carbons (Fsp3) is 0.176. The van der Waals surface area contributed by atoms with Gasteiger partial charge in [0.05, 0.1) is 25.8 Å². The van der Waals surface area contributed by atoms with Crippen molar-refractivity contribution in [3.05, 3.63) is 48.0 Å². The molecular formula is C17H17N3O5S3. The molecule has 28 heavy (non-hydrogen) atoms. The lowest BCUT2D eigenvalue weighted by Gasteiger charge is -2.05. The molecule has 148 valence electrons. The fourth-order valence-corrected chi connectivity index (χ4v) is 5.18. The number of nitrogens with zero attached hydrogens (tertiary/aromatic N) is 1. The lowest BCUT2D eigenvalue weighted by atomic mass is 10.2. The maximum Gasteiger partial charge on any atom is 0.238 e. The molecule has 1 aromatic heterocycles. The molecule has 0 radical (unpaired) electrons. The van der Waals surface area contributed by atoms with Gasteiger partial charge in [0, 0.05) is 6.42 Å². The zero-order valence-corrected chi connectivity index (χ0v) is 17.2. The molecule has 3 aromatic rings. The highest BCUT2D eigenvalue weighted by Gasteiger charge is 2.17. The van der Waals surface area contributed by atoms with E-state index in [0.29, 0.717) is 10.2 Å². The predicted octanol–water partition coefficient (Wildman–Crippen LogP) is 2.05. The number of benzene rings is 2. The van der Waals surface area contributed by atoms with Crippen molar-refractivity contribution in [1.29, 1.82) is 0 Å². The fourth-order valence-electron chi connectivity index (χ4n) is 2.41. The maximum absolute atomic E-state index is 12.3. The second-order valence-electron chi connectivity index (χ2n) is 6.12. The average Bonchev–Trinajstić information content (AvgIpc) is 3.01. The van der Waals surface area contributed by atoms with E-state index in [1.165, 1.54) is 30.3 Å². The average molecular weight is 440 g/mol. The Bertz CT molecular complexity index is 1250. The number of carbonyl (C=O) groups excluding carboxylic acids is 1. The third-order valence-electron chi connectivity index (χ3n) is 3.91. The first-order valence-corrected chi connectivity index (χ1v) is 12.1. The maximum atomic E-state index is 12.3. The topological polar surface area (TPSA) is 136 Å². The number of sulfone groups is 1. The molecule has 0 aliphatic carbocycles. The van der Waals surface area contributed by atoms with Crippen molar-refractivity contribution in [1.82, 2.24) is 4.98 Å². The molecule has 3 N–H and O–H groups in total. The summed E-state index contributed by atoms with van der Waals surface area (Å²) < 4.78 is 48.0. The van der Waals surface area contributed by atoms with Crippen LogP contribution in [0.3, 0.4) is 0 Å². The molecular weight excluding hydrogens is 422 g/mol. The largest absolute Gasteiger partial charge is 0.302 e. The molecule has 0 saturated carbocycles. The van der Waals surface area contributed by atoms with E-state index in [1.807, 2.05) is 6.92 Å². The second kappa shape index (κ2) is 7.59. The van der Waals surface area contributed by atoms with Crippen LogP contribution >= 0.6 is 11.3 Å². The monoisotopic (exact) mass is 439 g/mol. The van der Waals surface area contributed by atoms with E-state index in [4.69, 9.17) is 5.14 Å². The van der Waals surface area contributed by atoms with Crippen LogP contribution in [0.15, 0.2) is 52.3 Å². The van der Waals surface area contributed by atoms with Crippen molar-refractivity contribution in [2.45, 2.75) is 23.1 Å². The molecule has 0 aliphatic heterocycles. The number of aryl methyl sites for hydroxylation is 1. The zero-order valence-electron chi connectivity index (χ0n) is 14.7. The number of hydrogen-bond acceptors (Lipinski definition) is 7. The number of carbonyl (C=O) groups is 1. The highest BCUT2D eigenvalue weighted by Crippen LogP contribution is 2.28. The number of thiazole rings is 1. The van der Waals surface area contributed by atoms with Gasteiger partial charge in [-0.05, 0) is 37.3 Å². The number of rotatable bonds is 6. The standard InChI is InChI=1S/C17H17N3O5S3/c1-11-2-4-12(5-3-11)27(22,23)9-8-16(21)20-17-19-14-7-6-13(28(18,24)25)10-15(14)26-17/h2-7,10H,8-9H2,1H3,(H2,18,24,25)(H,19,20,21). The number of hydrogen-bond donors (Lipinski definition) is 2. The van der Waals surface area contributed by atoms with Crippen molar-refractivity contribution in [2.24, 2.45) is 5.14 Å². The molecule has 11 heteroatoms. The molecule has 0 fully saturated rings. The molecule has 8 nitrogen and oxygen atoms in total. The van der Waals surface area contributed by atoms with E-state index in [1.54, 1.807) is 12.1 Å². The predicted molar refractivity (Wildman–Crippen MR) is 107 cm³/mol. The number of amides is 1. The van der Waals surface area contributed by atoms with E-state index in [2.05, 4.69) is 10.3 Å². The van der Waals surface area contributed by atoms with Crippen molar-refractivity contribution in [3.63, 3.8) is 0 Å². The van der Waals surface area contributed by atoms with E-state index < -0.39 is 25.8 Å². The molecule has 0 unspecified atom stereocenters. The first-order valence-electron chi connectivity index (χ1n) is 8.07. The van der Waals surface area contributed by atoms with Crippen LogP contribution in [0, 0.1) is 6.92 Å². The van der Waals surface area contributed by atoms with Gasteiger partial charge in [0.25, 0.3) is 0 Å². The van der Waals surface area contributed by atoms with Crippen LogP contribution in [0.25, 0.3) is 10.2 Å². The third kappa shape index (κ3) is 4.73. The molecule has 0 atom stereocenters. The van der Waals surface area contributed by atoms with Crippen molar-refractivity contribution in [2.75, 3.05) is 11.1 Å². The second-order valence-corrected chi connectivity index (χ2v) is 10.8. The Morgan fingerprint density at radius 3 is 2.36 bits per heavy atom. The minimum Gasteiger partial charge on any atom is -0.302 e. The van der Waals surface area contributed by atoms with Crippen LogP contribution in [0.5, 0.6) is 0 Å². The minimum absolute atomic E-state index is 0.0503. The third-order valence-corrected chi connectivity index (χ3v) is 7.49. The molecule has 1 amide bonds. The van der Waals surface area contributed by atoms with Gasteiger partial charge in [0.1, 0.15) is 0 Å². The first kappa shape index (κ1) is 20.4. The number of fused-ring (bicyclic) bond motifs is 1. The van der Waals surface area contributed by atoms with Gasteiger partial charge in [0.15, 0.2) is 15.0 Å². The van der Waals surface area contributed by atoms with Crippen molar-refractivity contribution < 1.29 is 21.6 Å². The molecule has 0 aliphatic rings. The zero-order chi connectivity index (χ0) is 20.5. The molecule has 0 spiro atoms. The van der Waals surface area contributed by atoms with Gasteiger partial charge >= 0.3 is 0 Å². The van der Waals surface area contributed by atoms with Crippen LogP contribution in [0.1, 0.15) is 12.0 Å². The highest BCUT2D eigenvalue weighted by molar-refractivity contribution is 7.91. The lowest BCUT2D eigenvalue weighted by Crippen LogP contribution is -2.17. The van der Waals surface area contributed by atoms with Gasteiger partial charge in [-0.3, -0.25) is 4.79 Å². The summed E-state index contributed by atoms with van der Waals surface area (Å²) in [5.41, 5.74) is 1.44. The number of nitrogens with one attached hydrogen (secondary N) is 1. The Kier molecular flexibility index (Phi) is 5.53. The summed E-state index contributed by atoms with van der Waals surface area (Å²) in [5, 5.41) is 7.90. The smallest absolute Gasteiger partial charge is 0.238 e. The van der Waals surface area contributed by atoms with Crippen LogP contribution in [0.4, 0.5) is 5.13 Å². The Balaban J connectivity index is 1.68. The summed E-state index contributed by atoms with van der Waals surface area (Å²) in [6, 6.07) is 10.6. The van der Waals surface area contributed by atoms with Crippen LogP contribution < -0.4 is 10.5 Å². The van der Waals surface area contributed by atoms with Gasteiger partial charge in [-0.2, -0.15) is 0 Å². The molecule has 3 rings (SSSR count). The molecule has 0 bridgehead atoms. The Morgan fingerprint density at radius 1 is 1.07 bits per heavy atom. The van der Waals surface area contributed by atoms with Gasteiger partial charge < -0.3 is 5.32 Å². The summed E-state index contributed by atoms with van der Waals surface area (Å²) in [7, 11) is -7.41. The Morgan fingerprint density at radius 2 is 1.71 bits per heavy atom. The molecule has 2 aromatic carbocycles. The van der Waals surface area contributed by atoms with Crippen molar-refractivity contribution in [3.8, 4) is 0 Å². The summed E-state index contributed by atoms with van der Waals surface area (Å²) >= 11 is 1.07. The van der Waals surface area contributed by atoms with Gasteiger partial charge in [0.2, 0.25) is 15.9 Å². The number of sulfonamides is 1. The minimum atomic E-state index is -3.84. The van der Waals surface area contributed by atoms with Crippen LogP contribution in [0.2, 0.25) is 0 Å². The summed E-state index contributed by atoms with van der Waals surface area (Å²) in [5.74, 6) is -0.830. The quantitative estimate of drug-likeness (QED) is 0.603. The summed E-state index contributed by atoms with van der Waals surface area (Å²) in [4.78, 5) is 16.4. The van der Waals surface area contributed by atoms with Gasteiger partial charge in [-0.15, -0.1) is 0 Å². The van der Waals surface area contributed by atoms with Crippen LogP contribution in [-0.2, 0) is 24.7 Å². The number of nitrogens with two attached hydrogens (primary N) is 1. The van der Waals surface area contributed by atoms with E-state index in [0.717, 1.165) is 16.9 Å². The Hall–Kier alpha value is -2.34. The summed E-state index contributed by atoms with van der Waals surface area (Å²) in [6.45, 7) is 1.85. The number of aromatic nitrogens is 1. The SMILES string of the molecule is Cc1ccc(S(=O)(=O)CCC(=O)Nc2nc3ccc(S(N)(=O)=O)cc3s2)cc1. The van der Waals surface area contributed by atoms with Gasteiger partial charge in [-0.1, -0.05) is 29.0 Å². The normalized spacial score (nSPS) is 12.2. The number of anilines is 1. The van der Waals surface area contributed by atoms with E-state index >= 15 is 0 Å². The first-order chi connectivity index (χ1) is 13.0. The number of primary sulfonamides is 1. The van der Waals surface area contributed by atoms with E-state index in [9.17, 15) is 21.6 Å². The summed E-state index contributed by atoms with van der Waals surface area (Å²) in [6.07, 6.45) is -0.228. The van der Waals surface area contributed by atoms with Gasteiger partial charge in [-0.25, -0.2) is 27.0 Å². The van der Waals surface area contributed by atoms with Crippen LogP contribution in [-0.4, -0.2) is 33.5 Å². The lowest BCUT2D eigenvalue weighted by molar-refractivity contribution is -0.115.